The molecule has 3 nitrogen and oxygen atoms in total. The first kappa shape index (κ1) is 19.0. The van der Waals surface area contributed by atoms with E-state index in [2.05, 4.69) is 0 Å². The van der Waals surface area contributed by atoms with Crippen LogP contribution in [0.1, 0.15) is 15.2 Å². The molecule has 0 saturated carbocycles. The fourth-order valence-corrected chi connectivity index (χ4v) is 3.45. The summed E-state index contributed by atoms with van der Waals surface area (Å²) in [6, 6.07) is 13.9. The van der Waals surface area contributed by atoms with Gasteiger partial charge in [-0.15, -0.1) is 11.3 Å². The Bertz CT molecular complexity index is 948. The fourth-order valence-electron chi connectivity index (χ4n) is 2.56. The summed E-state index contributed by atoms with van der Waals surface area (Å²) in [5.74, 6) is 0.369. The van der Waals surface area contributed by atoms with Crippen LogP contribution in [0.5, 0.6) is 5.75 Å². The molecule has 0 bridgehead atoms. The third-order valence-electron chi connectivity index (χ3n) is 4.10. The summed E-state index contributed by atoms with van der Waals surface area (Å²) in [6.45, 7) is 0. The number of halogens is 3. The number of hydrogen-bond acceptors (Lipinski definition) is 3. The molecular formula is C20H16F3NO2S. The monoisotopic (exact) mass is 391 g/mol. The second kappa shape index (κ2) is 7.44. The normalized spacial score (nSPS) is 11.3. The molecular weight excluding hydrogens is 375 g/mol. The van der Waals surface area contributed by atoms with Crippen LogP contribution < -0.4 is 9.64 Å². The van der Waals surface area contributed by atoms with E-state index in [0.717, 1.165) is 29.0 Å². The first-order valence-electron chi connectivity index (χ1n) is 7.98. The molecule has 3 rings (SSSR count). The van der Waals surface area contributed by atoms with Gasteiger partial charge < -0.3 is 9.64 Å². The number of rotatable bonds is 4. The highest BCUT2D eigenvalue weighted by Crippen LogP contribution is 2.33. The van der Waals surface area contributed by atoms with Gasteiger partial charge in [-0.25, -0.2) is 0 Å². The first-order valence-corrected chi connectivity index (χ1v) is 8.86. The Labute approximate surface area is 158 Å². The molecule has 0 unspecified atom stereocenters. The lowest BCUT2D eigenvalue weighted by Crippen LogP contribution is -2.25. The van der Waals surface area contributed by atoms with E-state index < -0.39 is 11.7 Å². The predicted octanol–water partition coefficient (Wildman–Crippen LogP) is 5.72. The van der Waals surface area contributed by atoms with Gasteiger partial charge in [0.15, 0.2) is 0 Å². The zero-order valence-electron chi connectivity index (χ0n) is 14.6. The predicted molar refractivity (Wildman–Crippen MR) is 100 cm³/mol. The Morgan fingerprint density at radius 2 is 1.74 bits per heavy atom. The number of anilines is 1. The van der Waals surface area contributed by atoms with Gasteiger partial charge in [-0.3, -0.25) is 4.79 Å². The largest absolute Gasteiger partial charge is 0.497 e. The third kappa shape index (κ3) is 4.14. The summed E-state index contributed by atoms with van der Waals surface area (Å²) in [7, 11) is 3.05. The Kier molecular flexibility index (Phi) is 5.23. The molecule has 1 aromatic heterocycles. The van der Waals surface area contributed by atoms with Gasteiger partial charge in [0, 0.05) is 12.7 Å². The molecule has 2 aromatic carbocycles. The number of ether oxygens (including phenoxy) is 1. The van der Waals surface area contributed by atoms with Crippen LogP contribution >= 0.6 is 11.3 Å². The van der Waals surface area contributed by atoms with Gasteiger partial charge in [0.2, 0.25) is 0 Å². The van der Waals surface area contributed by atoms with Crippen molar-refractivity contribution < 1.29 is 22.7 Å². The van der Waals surface area contributed by atoms with Crippen LogP contribution in [0.15, 0.2) is 60.0 Å². The lowest BCUT2D eigenvalue weighted by Gasteiger charge is -2.18. The molecule has 0 spiro atoms. The van der Waals surface area contributed by atoms with Crippen molar-refractivity contribution >= 4 is 22.9 Å². The summed E-state index contributed by atoms with van der Waals surface area (Å²) >= 11 is 1.25. The average molecular weight is 391 g/mol. The lowest BCUT2D eigenvalue weighted by molar-refractivity contribution is -0.137. The van der Waals surface area contributed by atoms with Crippen molar-refractivity contribution in [3.05, 3.63) is 70.4 Å². The first-order chi connectivity index (χ1) is 12.8. The number of benzene rings is 2. The number of amides is 1. The van der Waals surface area contributed by atoms with Gasteiger partial charge in [0.25, 0.3) is 5.91 Å². The quantitative estimate of drug-likeness (QED) is 0.569. The number of thiophene rings is 1. The van der Waals surface area contributed by atoms with Gasteiger partial charge in [0.05, 0.1) is 17.6 Å². The SMILES string of the molecule is COc1ccc(-c2csc(C(=O)N(C)c3cccc(C(F)(F)F)c3)c2)cc1. The summed E-state index contributed by atoms with van der Waals surface area (Å²) in [5, 5.41) is 1.84. The molecule has 7 heteroatoms. The number of hydrogen-bond donors (Lipinski definition) is 0. The minimum absolute atomic E-state index is 0.189. The minimum Gasteiger partial charge on any atom is -0.497 e. The van der Waals surface area contributed by atoms with E-state index in [1.165, 1.54) is 35.4 Å². The van der Waals surface area contributed by atoms with E-state index >= 15 is 0 Å². The maximum absolute atomic E-state index is 12.9. The molecule has 1 heterocycles. The Morgan fingerprint density at radius 3 is 2.37 bits per heavy atom. The van der Waals surface area contributed by atoms with Crippen molar-refractivity contribution in [2.24, 2.45) is 0 Å². The smallest absolute Gasteiger partial charge is 0.416 e. The lowest BCUT2D eigenvalue weighted by atomic mass is 10.1. The Morgan fingerprint density at radius 1 is 1.04 bits per heavy atom. The van der Waals surface area contributed by atoms with Crippen molar-refractivity contribution in [3.63, 3.8) is 0 Å². The van der Waals surface area contributed by atoms with Gasteiger partial charge in [-0.2, -0.15) is 13.2 Å². The zero-order chi connectivity index (χ0) is 19.6. The molecule has 0 aliphatic carbocycles. The van der Waals surface area contributed by atoms with Gasteiger partial charge in [-0.1, -0.05) is 18.2 Å². The van der Waals surface area contributed by atoms with Crippen LogP contribution in [0.25, 0.3) is 11.1 Å². The molecule has 0 aliphatic rings. The van der Waals surface area contributed by atoms with Crippen LogP contribution in [-0.2, 0) is 6.18 Å². The van der Waals surface area contributed by atoms with Gasteiger partial charge >= 0.3 is 6.18 Å². The summed E-state index contributed by atoms with van der Waals surface area (Å²) < 4.78 is 43.8. The van der Waals surface area contributed by atoms with Crippen LogP contribution in [0.2, 0.25) is 0 Å². The van der Waals surface area contributed by atoms with Crippen molar-refractivity contribution in [3.8, 4) is 16.9 Å². The van der Waals surface area contributed by atoms with E-state index in [-0.39, 0.29) is 11.6 Å². The fraction of sp³-hybridized carbons (Fsp3) is 0.150. The van der Waals surface area contributed by atoms with E-state index in [4.69, 9.17) is 4.74 Å². The Hall–Kier alpha value is -2.80. The van der Waals surface area contributed by atoms with E-state index in [9.17, 15) is 18.0 Å². The molecule has 0 atom stereocenters. The standard InChI is InChI=1S/C20H16F3NO2S/c1-24(16-5-3-4-15(11-16)20(21,22)23)19(25)18-10-14(12-27-18)13-6-8-17(26-2)9-7-13/h3-12H,1-2H3. The Balaban J connectivity index is 1.83. The third-order valence-corrected chi connectivity index (χ3v) is 5.02. The molecule has 0 radical (unpaired) electrons. The highest BCUT2D eigenvalue weighted by molar-refractivity contribution is 7.12. The van der Waals surface area contributed by atoms with Gasteiger partial charge in [-0.05, 0) is 52.9 Å². The zero-order valence-corrected chi connectivity index (χ0v) is 15.4. The number of carbonyl (C=O) groups is 1. The van der Waals surface area contributed by atoms with E-state index in [1.54, 1.807) is 13.2 Å². The molecule has 0 saturated heterocycles. The van der Waals surface area contributed by atoms with E-state index in [1.807, 2.05) is 29.6 Å². The van der Waals surface area contributed by atoms with Crippen molar-refractivity contribution in [2.75, 3.05) is 19.1 Å². The highest BCUT2D eigenvalue weighted by Gasteiger charge is 2.31. The van der Waals surface area contributed by atoms with Gasteiger partial charge in [0.1, 0.15) is 5.75 Å². The molecule has 0 fully saturated rings. The summed E-state index contributed by atoms with van der Waals surface area (Å²) in [5.41, 5.74) is 1.19. The van der Waals surface area contributed by atoms with Crippen LogP contribution in [-0.4, -0.2) is 20.1 Å². The topological polar surface area (TPSA) is 29.5 Å². The van der Waals surface area contributed by atoms with E-state index in [0.29, 0.717) is 4.88 Å². The number of alkyl halides is 3. The summed E-state index contributed by atoms with van der Waals surface area (Å²) in [6.07, 6.45) is -4.45. The second-order valence-electron chi connectivity index (χ2n) is 5.84. The number of nitrogens with zero attached hydrogens (tertiary/aromatic N) is 1. The number of carbonyl (C=O) groups excluding carboxylic acids is 1. The second-order valence-corrected chi connectivity index (χ2v) is 6.75. The molecule has 0 N–H and O–H groups in total. The van der Waals surface area contributed by atoms with Crippen LogP contribution in [0, 0.1) is 0 Å². The number of methoxy groups -OCH3 is 1. The maximum atomic E-state index is 12.9. The molecule has 27 heavy (non-hydrogen) atoms. The van der Waals surface area contributed by atoms with Crippen LogP contribution in [0.3, 0.4) is 0 Å². The minimum atomic E-state index is -4.45. The van der Waals surface area contributed by atoms with Crippen molar-refractivity contribution in [1.82, 2.24) is 0 Å². The van der Waals surface area contributed by atoms with Crippen LogP contribution in [0.4, 0.5) is 18.9 Å². The molecule has 1 amide bonds. The molecule has 0 aliphatic heterocycles. The van der Waals surface area contributed by atoms with Crippen molar-refractivity contribution in [2.45, 2.75) is 6.18 Å². The molecule has 3 aromatic rings. The van der Waals surface area contributed by atoms with Crippen molar-refractivity contribution in [1.29, 1.82) is 0 Å². The molecule has 140 valence electrons. The highest BCUT2D eigenvalue weighted by atomic mass is 32.1. The summed E-state index contributed by atoms with van der Waals surface area (Å²) in [4.78, 5) is 14.4. The maximum Gasteiger partial charge on any atom is 0.416 e. The average Bonchev–Trinajstić information content (AvgIpc) is 3.16.